The van der Waals surface area contributed by atoms with E-state index in [-0.39, 0.29) is 12.8 Å². The highest BCUT2D eigenvalue weighted by molar-refractivity contribution is 5.31. The minimum Gasteiger partial charge on any atom is -0.385 e. The maximum absolute atomic E-state index is 12.9. The fourth-order valence-corrected chi connectivity index (χ4v) is 2.00. The van der Waals surface area contributed by atoms with Gasteiger partial charge in [0.15, 0.2) is 0 Å². The summed E-state index contributed by atoms with van der Waals surface area (Å²) in [5.41, 5.74) is -0.374. The molecule has 1 unspecified atom stereocenters. The van der Waals surface area contributed by atoms with Crippen LogP contribution >= 0.6 is 0 Å². The van der Waals surface area contributed by atoms with Gasteiger partial charge in [-0.1, -0.05) is 6.07 Å². The molecule has 0 bridgehead atoms. The van der Waals surface area contributed by atoms with E-state index in [9.17, 15) is 22.7 Å². The Kier molecular flexibility index (Phi) is 4.37. The Hall–Kier alpha value is -1.10. The Morgan fingerprint density at radius 2 is 1.78 bits per heavy atom. The molecule has 0 aliphatic carbocycles. The van der Waals surface area contributed by atoms with E-state index >= 15 is 0 Å². The van der Waals surface area contributed by atoms with Gasteiger partial charge in [0.25, 0.3) is 0 Å². The first-order valence-electron chi connectivity index (χ1n) is 5.67. The first-order chi connectivity index (χ1) is 8.12. The molecular formula is C13H16F4O. The van der Waals surface area contributed by atoms with E-state index in [4.69, 9.17) is 0 Å². The van der Waals surface area contributed by atoms with Gasteiger partial charge in [0.05, 0.1) is 5.60 Å². The average Bonchev–Trinajstić information content (AvgIpc) is 2.13. The molecule has 102 valence electrons. The van der Waals surface area contributed by atoms with E-state index in [1.807, 2.05) is 0 Å². The van der Waals surface area contributed by atoms with E-state index < -0.39 is 24.0 Å². The van der Waals surface area contributed by atoms with E-state index in [1.54, 1.807) is 6.92 Å². The van der Waals surface area contributed by atoms with Crippen molar-refractivity contribution in [1.82, 2.24) is 0 Å². The summed E-state index contributed by atoms with van der Waals surface area (Å²) in [6.07, 6.45) is -5.32. The third-order valence-electron chi connectivity index (χ3n) is 2.89. The van der Waals surface area contributed by atoms with Crippen LogP contribution in [-0.4, -0.2) is 11.3 Å². The van der Waals surface area contributed by atoms with Gasteiger partial charge < -0.3 is 5.11 Å². The summed E-state index contributed by atoms with van der Waals surface area (Å²) in [5.74, 6) is -0.428. The van der Waals surface area contributed by atoms with Gasteiger partial charge >= 0.3 is 6.18 Å². The molecule has 1 atom stereocenters. The lowest BCUT2D eigenvalue weighted by atomic mass is 9.87. The normalized spacial score (nSPS) is 15.5. The lowest BCUT2D eigenvalue weighted by Gasteiger charge is -2.26. The van der Waals surface area contributed by atoms with Crippen molar-refractivity contribution in [1.29, 1.82) is 0 Å². The highest BCUT2D eigenvalue weighted by atomic mass is 19.4. The monoisotopic (exact) mass is 264 g/mol. The molecule has 1 nitrogen and oxygen atoms in total. The number of aliphatic hydroxyl groups is 1. The summed E-state index contributed by atoms with van der Waals surface area (Å²) >= 11 is 0. The molecule has 0 saturated heterocycles. The highest BCUT2D eigenvalue weighted by Crippen LogP contribution is 2.32. The van der Waals surface area contributed by atoms with E-state index in [0.29, 0.717) is 11.1 Å². The van der Waals surface area contributed by atoms with Gasteiger partial charge in [-0.3, -0.25) is 0 Å². The lowest BCUT2D eigenvalue weighted by molar-refractivity contribution is -0.137. The Labute approximate surface area is 103 Å². The van der Waals surface area contributed by atoms with E-state index in [0.717, 1.165) is 0 Å². The van der Waals surface area contributed by atoms with Crippen molar-refractivity contribution in [2.45, 2.75) is 44.9 Å². The Morgan fingerprint density at radius 3 is 2.28 bits per heavy atom. The zero-order valence-electron chi connectivity index (χ0n) is 10.3. The second-order valence-electron chi connectivity index (χ2n) is 4.70. The molecule has 1 rings (SSSR count). The van der Waals surface area contributed by atoms with Crippen molar-refractivity contribution in [3.8, 4) is 0 Å². The van der Waals surface area contributed by atoms with Gasteiger partial charge in [-0.25, -0.2) is 4.39 Å². The molecule has 0 spiro atoms. The second-order valence-corrected chi connectivity index (χ2v) is 4.70. The first-order valence-corrected chi connectivity index (χ1v) is 5.67. The number of aryl methyl sites for hydroxylation is 1. The second kappa shape index (κ2) is 5.26. The summed E-state index contributed by atoms with van der Waals surface area (Å²) in [6, 6.07) is 3.87. The maximum atomic E-state index is 12.9. The topological polar surface area (TPSA) is 20.2 Å². The predicted molar refractivity (Wildman–Crippen MR) is 60.6 cm³/mol. The number of hydrogen-bond acceptors (Lipinski definition) is 1. The van der Waals surface area contributed by atoms with Crippen LogP contribution in [0.25, 0.3) is 0 Å². The number of rotatable bonds is 4. The molecule has 1 aromatic carbocycles. The van der Waals surface area contributed by atoms with Crippen LogP contribution in [0.1, 0.15) is 37.3 Å². The van der Waals surface area contributed by atoms with Gasteiger partial charge in [0.1, 0.15) is 5.82 Å². The van der Waals surface area contributed by atoms with Crippen molar-refractivity contribution >= 4 is 0 Å². The average molecular weight is 264 g/mol. The van der Waals surface area contributed by atoms with Crippen molar-refractivity contribution in [3.05, 3.63) is 35.1 Å². The molecule has 0 saturated carbocycles. The molecule has 0 fully saturated rings. The Morgan fingerprint density at radius 1 is 1.17 bits per heavy atom. The first kappa shape index (κ1) is 15.0. The van der Waals surface area contributed by atoms with Crippen LogP contribution in [0.2, 0.25) is 0 Å². The largest absolute Gasteiger partial charge is 0.389 e. The lowest BCUT2D eigenvalue weighted by Crippen LogP contribution is -2.23. The summed E-state index contributed by atoms with van der Waals surface area (Å²) in [4.78, 5) is 0. The van der Waals surface area contributed by atoms with Gasteiger partial charge in [-0.15, -0.1) is 0 Å². The molecular weight excluding hydrogens is 248 g/mol. The van der Waals surface area contributed by atoms with Crippen molar-refractivity contribution in [2.75, 3.05) is 0 Å². The molecule has 5 heteroatoms. The molecule has 0 aliphatic heterocycles. The summed E-state index contributed by atoms with van der Waals surface area (Å²) < 4.78 is 49.0. The molecule has 0 aromatic heterocycles. The van der Waals surface area contributed by atoms with Crippen molar-refractivity contribution in [2.24, 2.45) is 0 Å². The molecule has 0 aliphatic rings. The van der Waals surface area contributed by atoms with Crippen LogP contribution in [0, 0.1) is 12.7 Å². The molecule has 0 amide bonds. The van der Waals surface area contributed by atoms with Gasteiger partial charge in [-0.05, 0) is 49.9 Å². The van der Waals surface area contributed by atoms with Gasteiger partial charge in [-0.2, -0.15) is 13.2 Å². The van der Waals surface area contributed by atoms with Crippen LogP contribution in [0.3, 0.4) is 0 Å². The van der Waals surface area contributed by atoms with Crippen molar-refractivity contribution < 1.29 is 22.7 Å². The zero-order chi connectivity index (χ0) is 14.0. The molecule has 1 aromatic rings. The quantitative estimate of drug-likeness (QED) is 0.813. The molecule has 18 heavy (non-hydrogen) atoms. The van der Waals surface area contributed by atoms with Gasteiger partial charge in [0.2, 0.25) is 0 Å². The fourth-order valence-electron chi connectivity index (χ4n) is 2.00. The zero-order valence-corrected chi connectivity index (χ0v) is 10.3. The number of alkyl halides is 3. The predicted octanol–water partition coefficient (Wildman–Crippen LogP) is 4.07. The van der Waals surface area contributed by atoms with Gasteiger partial charge in [0, 0.05) is 6.42 Å². The van der Waals surface area contributed by atoms with Crippen LogP contribution in [0.4, 0.5) is 17.6 Å². The van der Waals surface area contributed by atoms with Crippen LogP contribution < -0.4 is 0 Å². The summed E-state index contributed by atoms with van der Waals surface area (Å²) in [5, 5.41) is 10.2. The van der Waals surface area contributed by atoms with Crippen molar-refractivity contribution in [3.63, 3.8) is 0 Å². The number of halogens is 4. The highest BCUT2D eigenvalue weighted by Gasteiger charge is 2.30. The van der Waals surface area contributed by atoms with Crippen LogP contribution in [-0.2, 0) is 5.60 Å². The number of benzene rings is 1. The van der Waals surface area contributed by atoms with Crippen LogP contribution in [0.5, 0.6) is 0 Å². The maximum Gasteiger partial charge on any atom is 0.389 e. The van der Waals surface area contributed by atoms with E-state index in [2.05, 4.69) is 0 Å². The molecule has 1 N–H and O–H groups in total. The molecule has 0 radical (unpaired) electrons. The Bertz CT molecular complexity index is 410. The van der Waals surface area contributed by atoms with E-state index in [1.165, 1.54) is 25.1 Å². The summed E-state index contributed by atoms with van der Waals surface area (Å²) in [7, 11) is 0. The standard InChI is InChI=1S/C13H16F4O/c1-9-8-10(14)4-5-11(9)12(2,18)6-3-7-13(15,16)17/h4-5,8,18H,3,6-7H2,1-2H3. The Balaban J connectivity index is 2.73. The third-order valence-corrected chi connectivity index (χ3v) is 2.89. The summed E-state index contributed by atoms with van der Waals surface area (Å²) in [6.45, 7) is 3.07. The number of hydrogen-bond donors (Lipinski definition) is 1. The molecule has 0 heterocycles. The minimum atomic E-state index is -4.21. The SMILES string of the molecule is Cc1cc(F)ccc1C(C)(O)CCCC(F)(F)F. The van der Waals surface area contributed by atoms with Crippen LogP contribution in [0.15, 0.2) is 18.2 Å². The third kappa shape index (κ3) is 4.29. The fraction of sp³-hybridized carbons (Fsp3) is 0.538. The smallest absolute Gasteiger partial charge is 0.385 e. The minimum absolute atomic E-state index is 0.0149.